The number of pyridine rings is 1. The van der Waals surface area contributed by atoms with Gasteiger partial charge in [0.2, 0.25) is 0 Å². The molecule has 0 amide bonds. The van der Waals surface area contributed by atoms with E-state index in [4.69, 9.17) is 0 Å². The van der Waals surface area contributed by atoms with E-state index in [1.807, 2.05) is 0 Å². The van der Waals surface area contributed by atoms with Crippen LogP contribution in [0.15, 0.2) is 16.7 Å². The van der Waals surface area contributed by atoms with Crippen LogP contribution < -0.4 is 4.90 Å². The molecule has 106 valence electrons. The van der Waals surface area contributed by atoms with Gasteiger partial charge in [0, 0.05) is 24.3 Å². The summed E-state index contributed by atoms with van der Waals surface area (Å²) in [6, 6.07) is 1.04. The van der Waals surface area contributed by atoms with Crippen molar-refractivity contribution in [3.63, 3.8) is 0 Å². The molecule has 1 aromatic heterocycles. The number of hydrogen-bond acceptors (Lipinski definition) is 3. The number of aliphatic hydroxyl groups is 1. The number of hydrogen-bond donors (Lipinski definition) is 1. The molecular weight excluding hydrogens is 325 g/mol. The van der Waals surface area contributed by atoms with E-state index in [9.17, 15) is 18.3 Å². The van der Waals surface area contributed by atoms with Crippen molar-refractivity contribution in [1.29, 1.82) is 0 Å². The SMILES string of the molecule is CN(CC1CC(O)C1)c1ncc(Br)cc1C(F)(F)F. The Bertz CT molecular complexity index is 461. The maximum atomic E-state index is 13.0. The predicted octanol–water partition coefficient (Wildman–Crippen LogP) is 3.07. The highest BCUT2D eigenvalue weighted by atomic mass is 79.9. The number of halogens is 4. The molecule has 1 aromatic rings. The maximum Gasteiger partial charge on any atom is 0.419 e. The summed E-state index contributed by atoms with van der Waals surface area (Å²) in [7, 11) is 1.59. The summed E-state index contributed by atoms with van der Waals surface area (Å²) < 4.78 is 39.2. The number of rotatable bonds is 3. The smallest absolute Gasteiger partial charge is 0.393 e. The molecule has 0 aromatic carbocycles. The lowest BCUT2D eigenvalue weighted by Gasteiger charge is -2.35. The molecule has 1 fully saturated rings. The molecule has 3 nitrogen and oxygen atoms in total. The standard InChI is InChI=1S/C12H14BrF3N2O/c1-18(6-7-2-9(19)3-7)11-10(12(14,15)16)4-8(13)5-17-11/h4-5,7,9,19H,2-3,6H2,1H3. The van der Waals surface area contributed by atoms with E-state index in [1.54, 1.807) is 7.05 Å². The van der Waals surface area contributed by atoms with Gasteiger partial charge in [-0.2, -0.15) is 13.2 Å². The molecule has 1 heterocycles. The van der Waals surface area contributed by atoms with Gasteiger partial charge in [-0.25, -0.2) is 4.98 Å². The molecule has 0 aliphatic heterocycles. The van der Waals surface area contributed by atoms with Crippen molar-refractivity contribution >= 4 is 21.7 Å². The number of alkyl halides is 3. The van der Waals surface area contributed by atoms with E-state index in [2.05, 4.69) is 20.9 Å². The van der Waals surface area contributed by atoms with Gasteiger partial charge in [-0.3, -0.25) is 0 Å². The van der Waals surface area contributed by atoms with Crippen LogP contribution in [-0.4, -0.2) is 29.8 Å². The molecule has 19 heavy (non-hydrogen) atoms. The minimum absolute atomic E-state index is 0.0721. The van der Waals surface area contributed by atoms with E-state index in [-0.39, 0.29) is 17.8 Å². The van der Waals surface area contributed by atoms with Gasteiger partial charge in [-0.15, -0.1) is 0 Å². The molecule has 0 radical (unpaired) electrons. The molecule has 1 aliphatic rings. The van der Waals surface area contributed by atoms with Gasteiger partial charge < -0.3 is 10.0 Å². The molecule has 1 N–H and O–H groups in total. The molecule has 0 spiro atoms. The number of aliphatic hydroxyl groups excluding tert-OH is 1. The summed E-state index contributed by atoms with van der Waals surface area (Å²) in [5.41, 5.74) is -0.746. The van der Waals surface area contributed by atoms with Crippen molar-refractivity contribution in [3.05, 3.63) is 22.3 Å². The zero-order valence-corrected chi connectivity index (χ0v) is 11.9. The van der Waals surface area contributed by atoms with Crippen LogP contribution in [0, 0.1) is 5.92 Å². The van der Waals surface area contributed by atoms with Crippen LogP contribution in [0.25, 0.3) is 0 Å². The quantitative estimate of drug-likeness (QED) is 0.920. The van der Waals surface area contributed by atoms with E-state index in [1.165, 1.54) is 11.1 Å². The van der Waals surface area contributed by atoms with Crippen molar-refractivity contribution in [2.45, 2.75) is 25.1 Å². The van der Waals surface area contributed by atoms with Crippen molar-refractivity contribution in [2.24, 2.45) is 5.92 Å². The van der Waals surface area contributed by atoms with Crippen LogP contribution >= 0.6 is 15.9 Å². The fourth-order valence-corrected chi connectivity index (χ4v) is 2.60. The molecule has 2 rings (SSSR count). The van der Waals surface area contributed by atoms with Crippen LogP contribution in [0.1, 0.15) is 18.4 Å². The Hall–Kier alpha value is -0.820. The van der Waals surface area contributed by atoms with Crippen molar-refractivity contribution < 1.29 is 18.3 Å². The van der Waals surface area contributed by atoms with Crippen LogP contribution in [0.3, 0.4) is 0 Å². The van der Waals surface area contributed by atoms with Gasteiger partial charge in [-0.05, 0) is 40.8 Å². The molecule has 1 saturated carbocycles. The van der Waals surface area contributed by atoms with E-state index in [0.717, 1.165) is 6.07 Å². The van der Waals surface area contributed by atoms with Crippen LogP contribution in [0.5, 0.6) is 0 Å². The van der Waals surface area contributed by atoms with Gasteiger partial charge in [0.15, 0.2) is 0 Å². The van der Waals surface area contributed by atoms with Gasteiger partial charge in [0.05, 0.1) is 11.7 Å². The van der Waals surface area contributed by atoms with Crippen LogP contribution in [0.4, 0.5) is 19.0 Å². The highest BCUT2D eigenvalue weighted by Gasteiger charge is 2.36. The number of anilines is 1. The Morgan fingerprint density at radius 1 is 1.47 bits per heavy atom. The lowest BCUT2D eigenvalue weighted by atomic mass is 9.82. The first-order valence-electron chi connectivity index (χ1n) is 5.89. The van der Waals surface area contributed by atoms with Crippen LogP contribution in [-0.2, 0) is 6.18 Å². The lowest BCUT2D eigenvalue weighted by molar-refractivity contribution is -0.137. The number of nitrogens with zero attached hydrogens (tertiary/aromatic N) is 2. The fraction of sp³-hybridized carbons (Fsp3) is 0.583. The topological polar surface area (TPSA) is 36.4 Å². The van der Waals surface area contributed by atoms with Gasteiger partial charge in [0.25, 0.3) is 0 Å². The predicted molar refractivity (Wildman–Crippen MR) is 68.9 cm³/mol. The van der Waals surface area contributed by atoms with E-state index < -0.39 is 11.7 Å². The Morgan fingerprint density at radius 2 is 2.11 bits per heavy atom. The summed E-state index contributed by atoms with van der Waals surface area (Å²) in [6.45, 7) is 0.467. The van der Waals surface area contributed by atoms with Crippen molar-refractivity contribution in [1.82, 2.24) is 4.98 Å². The Balaban J connectivity index is 2.18. The molecule has 1 aliphatic carbocycles. The van der Waals surface area contributed by atoms with E-state index >= 15 is 0 Å². The number of aromatic nitrogens is 1. The first-order valence-corrected chi connectivity index (χ1v) is 6.68. The monoisotopic (exact) mass is 338 g/mol. The molecule has 7 heteroatoms. The Labute approximate surface area is 117 Å². The highest BCUT2D eigenvalue weighted by Crippen LogP contribution is 2.37. The highest BCUT2D eigenvalue weighted by molar-refractivity contribution is 9.10. The zero-order valence-electron chi connectivity index (χ0n) is 10.3. The first kappa shape index (κ1) is 14.6. The molecule has 0 atom stereocenters. The van der Waals surface area contributed by atoms with Gasteiger partial charge in [-0.1, -0.05) is 0 Å². The summed E-state index contributed by atoms with van der Waals surface area (Å²) in [6.07, 6.45) is -2.10. The first-order chi connectivity index (χ1) is 8.77. The summed E-state index contributed by atoms with van der Waals surface area (Å²) >= 11 is 3.01. The van der Waals surface area contributed by atoms with Crippen molar-refractivity contribution in [2.75, 3.05) is 18.5 Å². The maximum absolute atomic E-state index is 13.0. The minimum Gasteiger partial charge on any atom is -0.393 e. The molecule has 0 bridgehead atoms. The second-order valence-electron chi connectivity index (χ2n) is 4.89. The fourth-order valence-electron chi connectivity index (χ4n) is 2.27. The second kappa shape index (κ2) is 5.28. The summed E-state index contributed by atoms with van der Waals surface area (Å²) in [5.74, 6) is 0.156. The van der Waals surface area contributed by atoms with Crippen molar-refractivity contribution in [3.8, 4) is 0 Å². The Kier molecular flexibility index (Phi) is 4.06. The Morgan fingerprint density at radius 3 is 2.63 bits per heavy atom. The minimum atomic E-state index is -4.43. The molecular formula is C12H14BrF3N2O. The largest absolute Gasteiger partial charge is 0.419 e. The molecule has 0 unspecified atom stereocenters. The zero-order chi connectivity index (χ0) is 14.2. The average molecular weight is 339 g/mol. The molecule has 0 saturated heterocycles. The van der Waals surface area contributed by atoms with Gasteiger partial charge in [0.1, 0.15) is 5.82 Å². The lowest BCUT2D eigenvalue weighted by Crippen LogP contribution is -2.38. The average Bonchev–Trinajstić information content (AvgIpc) is 2.25. The third-order valence-electron chi connectivity index (χ3n) is 3.24. The summed E-state index contributed by atoms with van der Waals surface area (Å²) in [4.78, 5) is 5.38. The summed E-state index contributed by atoms with van der Waals surface area (Å²) in [5, 5.41) is 9.20. The van der Waals surface area contributed by atoms with Crippen LogP contribution in [0.2, 0.25) is 0 Å². The normalized spacial score (nSPS) is 23.1. The van der Waals surface area contributed by atoms with Gasteiger partial charge >= 0.3 is 6.18 Å². The van der Waals surface area contributed by atoms with E-state index in [0.29, 0.717) is 23.9 Å². The third kappa shape index (κ3) is 3.39. The third-order valence-corrected chi connectivity index (χ3v) is 3.68. The second-order valence-corrected chi connectivity index (χ2v) is 5.81.